The first-order valence-corrected chi connectivity index (χ1v) is 7.54. The molecule has 0 saturated heterocycles. The topological polar surface area (TPSA) is 84.2 Å². The standard InChI is InChI=1S/C18H23NO4/c1-12(7-13-3-5-15(20)6-4-13)19(2)11-18(23)14-8-16(21)10-17(22)9-14/h3-6,8-10,12,18,20-23H,7,11H2,1-2H3. The van der Waals surface area contributed by atoms with Crippen LogP contribution >= 0.6 is 0 Å². The smallest absolute Gasteiger partial charge is 0.119 e. The molecular formula is C18H23NO4. The van der Waals surface area contributed by atoms with Gasteiger partial charge in [-0.3, -0.25) is 0 Å². The number of benzene rings is 2. The molecule has 0 aliphatic rings. The molecule has 0 heterocycles. The highest BCUT2D eigenvalue weighted by atomic mass is 16.3. The summed E-state index contributed by atoms with van der Waals surface area (Å²) in [6, 6.07) is 11.4. The predicted octanol–water partition coefficient (Wildman–Crippen LogP) is 2.40. The second-order valence-corrected chi connectivity index (χ2v) is 5.96. The van der Waals surface area contributed by atoms with Gasteiger partial charge in [-0.2, -0.15) is 0 Å². The summed E-state index contributed by atoms with van der Waals surface area (Å²) in [5, 5.41) is 38.6. The van der Waals surface area contributed by atoms with E-state index in [9.17, 15) is 20.4 Å². The van der Waals surface area contributed by atoms with E-state index in [1.807, 2.05) is 24.1 Å². The lowest BCUT2D eigenvalue weighted by Crippen LogP contribution is -2.34. The van der Waals surface area contributed by atoms with Gasteiger partial charge in [-0.25, -0.2) is 0 Å². The van der Waals surface area contributed by atoms with Crippen molar-refractivity contribution in [1.29, 1.82) is 0 Å². The number of aromatic hydroxyl groups is 3. The van der Waals surface area contributed by atoms with Crippen molar-refractivity contribution >= 4 is 0 Å². The number of aliphatic hydroxyl groups is 1. The number of hydrogen-bond acceptors (Lipinski definition) is 5. The number of rotatable bonds is 6. The maximum absolute atomic E-state index is 10.3. The minimum Gasteiger partial charge on any atom is -0.508 e. The van der Waals surface area contributed by atoms with Gasteiger partial charge in [0.1, 0.15) is 17.2 Å². The Morgan fingerprint density at radius 3 is 2.04 bits per heavy atom. The van der Waals surface area contributed by atoms with Gasteiger partial charge < -0.3 is 25.3 Å². The minimum atomic E-state index is -0.805. The Hall–Kier alpha value is -2.24. The van der Waals surface area contributed by atoms with Gasteiger partial charge >= 0.3 is 0 Å². The Kier molecular flexibility index (Phi) is 5.47. The number of phenolic OH excluding ortho intramolecular Hbond substituents is 3. The summed E-state index contributed by atoms with van der Waals surface area (Å²) in [6.45, 7) is 2.43. The zero-order valence-electron chi connectivity index (χ0n) is 13.3. The first-order valence-electron chi connectivity index (χ1n) is 7.54. The molecule has 0 fully saturated rings. The fourth-order valence-corrected chi connectivity index (χ4v) is 2.50. The van der Waals surface area contributed by atoms with Crippen LogP contribution in [0.25, 0.3) is 0 Å². The van der Waals surface area contributed by atoms with Crippen LogP contribution in [0.5, 0.6) is 17.2 Å². The number of nitrogens with zero attached hydrogens (tertiary/aromatic N) is 1. The first kappa shape index (κ1) is 17.1. The summed E-state index contributed by atoms with van der Waals surface area (Å²) in [5.74, 6) is 0.103. The molecule has 5 nitrogen and oxygen atoms in total. The molecule has 0 spiro atoms. The Bertz CT molecular complexity index is 622. The number of hydrogen-bond donors (Lipinski definition) is 4. The van der Waals surface area contributed by atoms with Crippen LogP contribution in [0.3, 0.4) is 0 Å². The fourth-order valence-electron chi connectivity index (χ4n) is 2.50. The van der Waals surface area contributed by atoms with Crippen LogP contribution in [-0.4, -0.2) is 45.0 Å². The molecule has 2 unspecified atom stereocenters. The highest BCUT2D eigenvalue weighted by molar-refractivity contribution is 5.37. The molecule has 0 aromatic heterocycles. The largest absolute Gasteiger partial charge is 0.508 e. The van der Waals surface area contributed by atoms with Crippen molar-refractivity contribution in [2.24, 2.45) is 0 Å². The van der Waals surface area contributed by atoms with E-state index in [-0.39, 0.29) is 23.3 Å². The average Bonchev–Trinajstić information content (AvgIpc) is 2.48. The highest BCUT2D eigenvalue weighted by Gasteiger charge is 2.17. The maximum Gasteiger partial charge on any atom is 0.119 e. The molecule has 124 valence electrons. The van der Waals surface area contributed by atoms with Crippen LogP contribution in [0.1, 0.15) is 24.2 Å². The van der Waals surface area contributed by atoms with Gasteiger partial charge in [0.2, 0.25) is 0 Å². The monoisotopic (exact) mass is 317 g/mol. The molecule has 0 amide bonds. The molecule has 2 atom stereocenters. The second-order valence-electron chi connectivity index (χ2n) is 5.96. The van der Waals surface area contributed by atoms with Crippen LogP contribution in [0.2, 0.25) is 0 Å². The Morgan fingerprint density at radius 2 is 1.48 bits per heavy atom. The number of phenols is 3. The van der Waals surface area contributed by atoms with Crippen LogP contribution in [0.4, 0.5) is 0 Å². The zero-order valence-corrected chi connectivity index (χ0v) is 13.3. The van der Waals surface area contributed by atoms with E-state index in [1.165, 1.54) is 18.2 Å². The summed E-state index contributed by atoms with van der Waals surface area (Å²) in [6.07, 6.45) is -0.0188. The highest BCUT2D eigenvalue weighted by Crippen LogP contribution is 2.25. The lowest BCUT2D eigenvalue weighted by atomic mass is 10.0. The van der Waals surface area contributed by atoms with Gasteiger partial charge in [0.25, 0.3) is 0 Å². The molecule has 4 N–H and O–H groups in total. The van der Waals surface area contributed by atoms with Crippen molar-refractivity contribution in [3.63, 3.8) is 0 Å². The number of likely N-dealkylation sites (N-methyl/N-ethyl adjacent to an activating group) is 1. The van der Waals surface area contributed by atoms with Crippen LogP contribution in [-0.2, 0) is 6.42 Å². The second kappa shape index (κ2) is 7.35. The van der Waals surface area contributed by atoms with E-state index < -0.39 is 6.10 Å². The van der Waals surface area contributed by atoms with Gasteiger partial charge in [0.05, 0.1) is 6.10 Å². The van der Waals surface area contributed by atoms with Gasteiger partial charge in [-0.1, -0.05) is 12.1 Å². The normalized spacial score (nSPS) is 13.9. The van der Waals surface area contributed by atoms with Crippen LogP contribution in [0.15, 0.2) is 42.5 Å². The van der Waals surface area contributed by atoms with Crippen molar-refractivity contribution in [3.05, 3.63) is 53.6 Å². The molecule has 5 heteroatoms. The number of aliphatic hydroxyl groups excluding tert-OH is 1. The molecule has 23 heavy (non-hydrogen) atoms. The van der Waals surface area contributed by atoms with Crippen LogP contribution in [0, 0.1) is 0 Å². The minimum absolute atomic E-state index is 0.0705. The molecule has 0 aliphatic carbocycles. The van der Waals surface area contributed by atoms with Crippen LogP contribution < -0.4 is 0 Å². The van der Waals surface area contributed by atoms with Crippen molar-refractivity contribution in [3.8, 4) is 17.2 Å². The first-order chi connectivity index (χ1) is 10.8. The summed E-state index contributed by atoms with van der Waals surface area (Å²) >= 11 is 0. The molecular weight excluding hydrogens is 294 g/mol. The third-order valence-electron chi connectivity index (χ3n) is 3.99. The van der Waals surface area contributed by atoms with Crippen molar-refractivity contribution in [2.75, 3.05) is 13.6 Å². The molecule has 0 saturated carbocycles. The van der Waals surface area contributed by atoms with E-state index in [2.05, 4.69) is 6.92 Å². The third-order valence-corrected chi connectivity index (χ3v) is 3.99. The molecule has 0 aliphatic heterocycles. The fraction of sp³-hybridized carbons (Fsp3) is 0.333. The molecule has 2 aromatic rings. The van der Waals surface area contributed by atoms with E-state index >= 15 is 0 Å². The van der Waals surface area contributed by atoms with Crippen molar-refractivity contribution in [1.82, 2.24) is 4.90 Å². The molecule has 2 aromatic carbocycles. The summed E-state index contributed by atoms with van der Waals surface area (Å²) in [4.78, 5) is 2.01. The predicted molar refractivity (Wildman–Crippen MR) is 88.6 cm³/mol. The van der Waals surface area contributed by atoms with Gasteiger partial charge in [-0.05, 0) is 55.8 Å². The SMILES string of the molecule is CC(Cc1ccc(O)cc1)N(C)CC(O)c1cc(O)cc(O)c1. The third kappa shape index (κ3) is 4.87. The lowest BCUT2D eigenvalue weighted by molar-refractivity contribution is 0.108. The lowest BCUT2D eigenvalue weighted by Gasteiger charge is -2.27. The Balaban J connectivity index is 1.96. The summed E-state index contributed by atoms with van der Waals surface area (Å²) in [5.41, 5.74) is 1.58. The van der Waals surface area contributed by atoms with Gasteiger partial charge in [0, 0.05) is 18.7 Å². The van der Waals surface area contributed by atoms with Crippen molar-refractivity contribution in [2.45, 2.75) is 25.5 Å². The van der Waals surface area contributed by atoms with E-state index in [4.69, 9.17) is 0 Å². The summed E-state index contributed by atoms with van der Waals surface area (Å²) in [7, 11) is 1.91. The molecule has 0 bridgehead atoms. The summed E-state index contributed by atoms with van der Waals surface area (Å²) < 4.78 is 0. The van der Waals surface area contributed by atoms with E-state index in [1.54, 1.807) is 12.1 Å². The maximum atomic E-state index is 10.3. The quantitative estimate of drug-likeness (QED) is 0.657. The Morgan fingerprint density at radius 1 is 0.913 bits per heavy atom. The van der Waals surface area contributed by atoms with E-state index in [0.717, 1.165) is 12.0 Å². The molecule has 2 rings (SSSR count). The van der Waals surface area contributed by atoms with E-state index in [0.29, 0.717) is 12.1 Å². The zero-order chi connectivity index (χ0) is 17.0. The molecule has 0 radical (unpaired) electrons. The Labute approximate surface area is 136 Å². The van der Waals surface area contributed by atoms with Gasteiger partial charge in [0.15, 0.2) is 0 Å². The van der Waals surface area contributed by atoms with Crippen molar-refractivity contribution < 1.29 is 20.4 Å². The average molecular weight is 317 g/mol. The van der Waals surface area contributed by atoms with Gasteiger partial charge in [-0.15, -0.1) is 0 Å².